The summed E-state index contributed by atoms with van der Waals surface area (Å²) < 4.78 is 6.02. The number of fused-ring (bicyclic) bond motifs is 1. The molecule has 1 aliphatic carbocycles. The van der Waals surface area contributed by atoms with Crippen molar-refractivity contribution in [2.24, 2.45) is 5.92 Å². The maximum absolute atomic E-state index is 6.02. The molecule has 0 bridgehead atoms. The van der Waals surface area contributed by atoms with Crippen LogP contribution in [-0.4, -0.2) is 23.1 Å². The van der Waals surface area contributed by atoms with Gasteiger partial charge >= 0.3 is 0 Å². The fraction of sp³-hybridized carbons (Fsp3) is 0.600. The Balaban J connectivity index is 1.76. The van der Waals surface area contributed by atoms with Crippen molar-refractivity contribution in [3.63, 3.8) is 0 Å². The topological polar surface area (TPSA) is 47.0 Å². The molecule has 20 heavy (non-hydrogen) atoms. The molecule has 108 valence electrons. The number of ether oxygens (including phenoxy) is 1. The lowest BCUT2D eigenvalue weighted by atomic mass is 9.90. The van der Waals surface area contributed by atoms with Gasteiger partial charge in [-0.1, -0.05) is 19.3 Å². The Hall–Kier alpha value is -1.36. The molecule has 0 amide bonds. The van der Waals surface area contributed by atoms with Gasteiger partial charge in [-0.3, -0.25) is 0 Å². The lowest BCUT2D eigenvalue weighted by Crippen LogP contribution is -2.16. The zero-order valence-electron chi connectivity index (χ0n) is 11.9. The van der Waals surface area contributed by atoms with Crippen molar-refractivity contribution in [1.82, 2.24) is 9.97 Å². The Morgan fingerprint density at radius 3 is 2.95 bits per heavy atom. The van der Waals surface area contributed by atoms with Gasteiger partial charge in [0.15, 0.2) is 0 Å². The van der Waals surface area contributed by atoms with Crippen LogP contribution in [0.15, 0.2) is 11.4 Å². The van der Waals surface area contributed by atoms with Crippen molar-refractivity contribution in [2.45, 2.75) is 39.0 Å². The molecule has 0 spiro atoms. The van der Waals surface area contributed by atoms with Gasteiger partial charge in [-0.25, -0.2) is 4.98 Å². The maximum Gasteiger partial charge on any atom is 0.227 e. The van der Waals surface area contributed by atoms with Crippen LogP contribution in [-0.2, 0) is 0 Å². The van der Waals surface area contributed by atoms with E-state index in [2.05, 4.69) is 15.3 Å². The molecular formula is C15H21N3OS. The first-order chi connectivity index (χ1) is 9.86. The number of thiophene rings is 1. The van der Waals surface area contributed by atoms with Gasteiger partial charge in [0.1, 0.15) is 4.83 Å². The van der Waals surface area contributed by atoms with Crippen LogP contribution in [0.4, 0.5) is 5.95 Å². The highest BCUT2D eigenvalue weighted by Gasteiger charge is 2.16. The van der Waals surface area contributed by atoms with Crippen LogP contribution in [0.1, 0.15) is 39.0 Å². The molecule has 0 saturated heterocycles. The maximum atomic E-state index is 6.02. The van der Waals surface area contributed by atoms with E-state index in [0.717, 1.165) is 29.2 Å². The first kappa shape index (κ1) is 13.6. The second-order valence-electron chi connectivity index (χ2n) is 5.34. The quantitative estimate of drug-likeness (QED) is 0.901. The van der Waals surface area contributed by atoms with Crippen LogP contribution in [0.5, 0.6) is 5.88 Å². The van der Waals surface area contributed by atoms with Crippen molar-refractivity contribution in [1.29, 1.82) is 0 Å². The van der Waals surface area contributed by atoms with Crippen LogP contribution in [0.2, 0.25) is 0 Å². The van der Waals surface area contributed by atoms with E-state index in [1.807, 2.05) is 18.4 Å². The van der Waals surface area contributed by atoms with Crippen LogP contribution >= 0.6 is 11.3 Å². The second-order valence-corrected chi connectivity index (χ2v) is 6.23. The predicted molar refractivity (Wildman–Crippen MR) is 83.6 cm³/mol. The molecule has 3 rings (SSSR count). The second kappa shape index (κ2) is 6.39. The first-order valence-corrected chi connectivity index (χ1v) is 8.36. The SMILES string of the molecule is CCNc1nc(OCC2CCCCC2)c2ccsc2n1. The minimum Gasteiger partial charge on any atom is -0.477 e. The summed E-state index contributed by atoms with van der Waals surface area (Å²) in [7, 11) is 0. The number of aromatic nitrogens is 2. The van der Waals surface area contributed by atoms with Gasteiger partial charge in [0, 0.05) is 6.54 Å². The molecule has 0 aliphatic heterocycles. The lowest BCUT2D eigenvalue weighted by molar-refractivity contribution is 0.205. The van der Waals surface area contributed by atoms with E-state index >= 15 is 0 Å². The van der Waals surface area contributed by atoms with Crippen LogP contribution in [0.25, 0.3) is 10.2 Å². The monoisotopic (exact) mass is 291 g/mol. The fourth-order valence-electron chi connectivity index (χ4n) is 2.73. The zero-order chi connectivity index (χ0) is 13.8. The Kier molecular flexibility index (Phi) is 4.35. The molecular weight excluding hydrogens is 270 g/mol. The Morgan fingerprint density at radius 1 is 1.30 bits per heavy atom. The number of nitrogens with one attached hydrogen (secondary N) is 1. The summed E-state index contributed by atoms with van der Waals surface area (Å²) in [5.41, 5.74) is 0. The van der Waals surface area contributed by atoms with Gasteiger partial charge in [0.2, 0.25) is 11.8 Å². The van der Waals surface area contributed by atoms with Gasteiger partial charge < -0.3 is 10.1 Å². The minimum absolute atomic E-state index is 0.668. The third-order valence-electron chi connectivity index (χ3n) is 3.81. The highest BCUT2D eigenvalue weighted by atomic mass is 32.1. The highest BCUT2D eigenvalue weighted by Crippen LogP contribution is 2.30. The summed E-state index contributed by atoms with van der Waals surface area (Å²) >= 11 is 1.63. The first-order valence-electron chi connectivity index (χ1n) is 7.48. The van der Waals surface area contributed by atoms with Crippen molar-refractivity contribution in [3.8, 4) is 5.88 Å². The smallest absolute Gasteiger partial charge is 0.227 e. The van der Waals surface area contributed by atoms with E-state index < -0.39 is 0 Å². The average molecular weight is 291 g/mol. The number of nitrogens with zero attached hydrogens (tertiary/aromatic N) is 2. The van der Waals surface area contributed by atoms with Crippen LogP contribution in [0.3, 0.4) is 0 Å². The number of anilines is 1. The molecule has 1 saturated carbocycles. The van der Waals surface area contributed by atoms with E-state index in [0.29, 0.717) is 11.9 Å². The predicted octanol–water partition coefficient (Wildman–Crippen LogP) is 4.08. The summed E-state index contributed by atoms with van der Waals surface area (Å²) in [6, 6.07) is 2.05. The molecule has 0 unspecified atom stereocenters. The molecule has 2 aromatic heterocycles. The van der Waals surface area contributed by atoms with Crippen molar-refractivity contribution in [2.75, 3.05) is 18.5 Å². The molecule has 1 N–H and O–H groups in total. The van der Waals surface area contributed by atoms with E-state index in [4.69, 9.17) is 4.74 Å². The zero-order valence-corrected chi connectivity index (χ0v) is 12.7. The van der Waals surface area contributed by atoms with Gasteiger partial charge in [-0.15, -0.1) is 11.3 Å². The molecule has 2 heterocycles. The third-order valence-corrected chi connectivity index (χ3v) is 4.61. The van der Waals surface area contributed by atoms with Crippen molar-refractivity contribution >= 4 is 27.5 Å². The summed E-state index contributed by atoms with van der Waals surface area (Å²) in [6.45, 7) is 3.65. The molecule has 4 nitrogen and oxygen atoms in total. The van der Waals surface area contributed by atoms with Crippen molar-refractivity contribution < 1.29 is 4.74 Å². The summed E-state index contributed by atoms with van der Waals surface area (Å²) in [4.78, 5) is 10.0. The fourth-order valence-corrected chi connectivity index (χ4v) is 3.48. The number of rotatable bonds is 5. The summed E-state index contributed by atoms with van der Waals surface area (Å²) in [6.07, 6.45) is 6.64. The minimum atomic E-state index is 0.668. The lowest BCUT2D eigenvalue weighted by Gasteiger charge is -2.21. The molecule has 0 atom stereocenters. The third kappa shape index (κ3) is 3.03. The van der Waals surface area contributed by atoms with Crippen LogP contribution in [0, 0.1) is 5.92 Å². The van der Waals surface area contributed by atoms with Crippen molar-refractivity contribution in [3.05, 3.63) is 11.4 Å². The van der Waals surface area contributed by atoms with Gasteiger partial charge in [0.25, 0.3) is 0 Å². The number of hydrogen-bond donors (Lipinski definition) is 1. The summed E-state index contributed by atoms with van der Waals surface area (Å²) in [5.74, 6) is 2.09. The molecule has 2 aromatic rings. The molecule has 1 aliphatic rings. The van der Waals surface area contributed by atoms with Gasteiger partial charge in [0.05, 0.1) is 12.0 Å². The Bertz CT molecular complexity index is 563. The molecule has 5 heteroatoms. The largest absolute Gasteiger partial charge is 0.477 e. The highest BCUT2D eigenvalue weighted by molar-refractivity contribution is 7.16. The summed E-state index contributed by atoms with van der Waals surface area (Å²) in [5, 5.41) is 6.25. The average Bonchev–Trinajstić information content (AvgIpc) is 2.95. The standard InChI is InChI=1S/C15H21N3OS/c1-2-16-15-17-13(12-8-9-20-14(12)18-15)19-10-11-6-4-3-5-7-11/h8-9,11H,2-7,10H2,1H3,(H,16,17,18). The van der Waals surface area contributed by atoms with E-state index in [1.54, 1.807) is 11.3 Å². The van der Waals surface area contributed by atoms with E-state index in [1.165, 1.54) is 32.1 Å². The molecule has 1 fully saturated rings. The van der Waals surface area contributed by atoms with Crippen LogP contribution < -0.4 is 10.1 Å². The molecule has 0 aromatic carbocycles. The van der Waals surface area contributed by atoms with Gasteiger partial charge in [-0.2, -0.15) is 4.98 Å². The van der Waals surface area contributed by atoms with E-state index in [-0.39, 0.29) is 0 Å². The Labute approximate surface area is 123 Å². The number of hydrogen-bond acceptors (Lipinski definition) is 5. The molecule has 0 radical (unpaired) electrons. The Morgan fingerprint density at radius 2 is 2.15 bits per heavy atom. The normalized spacial score (nSPS) is 16.4. The van der Waals surface area contributed by atoms with E-state index in [9.17, 15) is 0 Å². The van der Waals surface area contributed by atoms with Gasteiger partial charge in [-0.05, 0) is 37.1 Å².